The summed E-state index contributed by atoms with van der Waals surface area (Å²) >= 11 is 0.858. The molecule has 1 aromatic carbocycles. The van der Waals surface area contributed by atoms with Gasteiger partial charge in [-0.15, -0.1) is 0 Å². The number of carbonyl (C=O) groups excluding carboxylic acids is 3. The monoisotopic (exact) mass is 333 g/mol. The highest BCUT2D eigenvalue weighted by Crippen LogP contribution is 2.31. The average Bonchev–Trinajstić information content (AvgIpc) is 2.75. The Bertz CT molecular complexity index is 629. The second kappa shape index (κ2) is 7.94. The molecule has 1 heterocycles. The molecule has 1 aromatic rings. The van der Waals surface area contributed by atoms with E-state index in [0.717, 1.165) is 22.2 Å². The highest BCUT2D eigenvalue weighted by Gasteiger charge is 2.36. The van der Waals surface area contributed by atoms with Crippen molar-refractivity contribution in [3.05, 3.63) is 40.8 Å². The van der Waals surface area contributed by atoms with Gasteiger partial charge in [0.15, 0.2) is 0 Å². The van der Waals surface area contributed by atoms with Crippen LogP contribution in [-0.4, -0.2) is 60.6 Å². The number of benzene rings is 1. The van der Waals surface area contributed by atoms with Crippen molar-refractivity contribution in [2.45, 2.75) is 0 Å². The van der Waals surface area contributed by atoms with Crippen LogP contribution in [0.4, 0.5) is 4.79 Å². The number of amides is 3. The van der Waals surface area contributed by atoms with Gasteiger partial charge in [0.05, 0.1) is 4.91 Å². The second-order valence-electron chi connectivity index (χ2n) is 5.33. The van der Waals surface area contributed by atoms with Gasteiger partial charge in [-0.05, 0) is 37.5 Å². The SMILES string of the molecule is CN(C)CCNC(=O)CN1C(=O)SC(=Cc2ccccc2)C1=O. The first kappa shape index (κ1) is 17.2. The van der Waals surface area contributed by atoms with Crippen LogP contribution < -0.4 is 5.32 Å². The van der Waals surface area contributed by atoms with Crippen molar-refractivity contribution in [3.8, 4) is 0 Å². The molecule has 6 nitrogen and oxygen atoms in total. The molecule has 0 aromatic heterocycles. The lowest BCUT2D eigenvalue weighted by atomic mass is 10.2. The smallest absolute Gasteiger partial charge is 0.294 e. The molecule has 0 aliphatic carbocycles. The summed E-state index contributed by atoms with van der Waals surface area (Å²) in [5.41, 5.74) is 0.841. The van der Waals surface area contributed by atoms with Crippen LogP contribution in [0.2, 0.25) is 0 Å². The van der Waals surface area contributed by atoms with Crippen molar-refractivity contribution >= 4 is 34.9 Å². The largest absolute Gasteiger partial charge is 0.353 e. The molecule has 1 aliphatic heterocycles. The molecule has 2 rings (SSSR count). The summed E-state index contributed by atoms with van der Waals surface area (Å²) in [6.07, 6.45) is 1.66. The van der Waals surface area contributed by atoms with Crippen molar-refractivity contribution in [2.24, 2.45) is 0 Å². The summed E-state index contributed by atoms with van der Waals surface area (Å²) in [7, 11) is 3.80. The van der Waals surface area contributed by atoms with Crippen LogP contribution >= 0.6 is 11.8 Å². The fraction of sp³-hybridized carbons (Fsp3) is 0.312. The topological polar surface area (TPSA) is 69.7 Å². The van der Waals surface area contributed by atoms with E-state index in [1.807, 2.05) is 49.3 Å². The first-order valence-corrected chi connectivity index (χ1v) is 8.01. The van der Waals surface area contributed by atoms with Crippen molar-refractivity contribution in [1.82, 2.24) is 15.1 Å². The molecule has 7 heteroatoms. The fourth-order valence-corrected chi connectivity index (χ4v) is 2.79. The fourth-order valence-electron chi connectivity index (χ4n) is 1.96. The zero-order valence-electron chi connectivity index (χ0n) is 13.1. The van der Waals surface area contributed by atoms with Gasteiger partial charge in [0.25, 0.3) is 11.1 Å². The summed E-state index contributed by atoms with van der Waals surface area (Å²) < 4.78 is 0. The van der Waals surface area contributed by atoms with E-state index < -0.39 is 11.1 Å². The van der Waals surface area contributed by atoms with Crippen LogP contribution in [0, 0.1) is 0 Å². The zero-order valence-corrected chi connectivity index (χ0v) is 13.9. The van der Waals surface area contributed by atoms with Gasteiger partial charge in [0.2, 0.25) is 5.91 Å². The molecular formula is C16H19N3O3S. The molecule has 1 aliphatic rings. The van der Waals surface area contributed by atoms with Crippen LogP contribution in [-0.2, 0) is 9.59 Å². The van der Waals surface area contributed by atoms with Crippen molar-refractivity contribution in [2.75, 3.05) is 33.7 Å². The van der Waals surface area contributed by atoms with Crippen molar-refractivity contribution < 1.29 is 14.4 Å². The minimum atomic E-state index is -0.424. The summed E-state index contributed by atoms with van der Waals surface area (Å²) in [6.45, 7) is 0.924. The van der Waals surface area contributed by atoms with E-state index in [-0.39, 0.29) is 12.5 Å². The first-order valence-electron chi connectivity index (χ1n) is 7.19. The molecule has 0 radical (unpaired) electrons. The van der Waals surface area contributed by atoms with E-state index >= 15 is 0 Å². The number of hydrogen-bond donors (Lipinski definition) is 1. The Morgan fingerprint density at radius 1 is 1.26 bits per heavy atom. The maximum atomic E-state index is 12.3. The van der Waals surface area contributed by atoms with Crippen LogP contribution in [0.3, 0.4) is 0 Å². The molecule has 0 bridgehead atoms. The van der Waals surface area contributed by atoms with E-state index in [4.69, 9.17) is 0 Å². The Hall–Kier alpha value is -2.12. The number of carbonyl (C=O) groups is 3. The Balaban J connectivity index is 1.96. The quantitative estimate of drug-likeness (QED) is 0.797. The molecule has 23 heavy (non-hydrogen) atoms. The molecule has 0 unspecified atom stereocenters. The Labute approximate surface area is 139 Å². The Kier molecular flexibility index (Phi) is 5.95. The summed E-state index contributed by atoms with van der Waals surface area (Å²) in [5.74, 6) is -0.762. The Morgan fingerprint density at radius 3 is 2.61 bits per heavy atom. The molecule has 3 amide bonds. The summed E-state index contributed by atoms with van der Waals surface area (Å²) in [6, 6.07) is 9.29. The van der Waals surface area contributed by atoms with Gasteiger partial charge in [-0.2, -0.15) is 0 Å². The standard InChI is InChI=1S/C16H19N3O3S/c1-18(2)9-8-17-14(20)11-19-15(21)13(23-16(19)22)10-12-6-4-3-5-7-12/h3-7,10H,8-9,11H2,1-2H3,(H,17,20). The van der Waals surface area contributed by atoms with E-state index in [2.05, 4.69) is 5.32 Å². The van der Waals surface area contributed by atoms with Crippen molar-refractivity contribution in [3.63, 3.8) is 0 Å². The maximum Gasteiger partial charge on any atom is 0.294 e. The lowest BCUT2D eigenvalue weighted by molar-refractivity contribution is -0.129. The Morgan fingerprint density at radius 2 is 1.96 bits per heavy atom. The predicted molar refractivity (Wildman–Crippen MR) is 90.7 cm³/mol. The van der Waals surface area contributed by atoms with Gasteiger partial charge in [-0.1, -0.05) is 30.3 Å². The third-order valence-corrected chi connectivity index (χ3v) is 4.06. The van der Waals surface area contributed by atoms with Gasteiger partial charge >= 0.3 is 0 Å². The number of nitrogens with one attached hydrogen (secondary N) is 1. The van der Waals surface area contributed by atoms with E-state index in [1.54, 1.807) is 6.08 Å². The van der Waals surface area contributed by atoms with Crippen LogP contribution in [0.5, 0.6) is 0 Å². The highest BCUT2D eigenvalue weighted by molar-refractivity contribution is 8.18. The molecule has 0 spiro atoms. The highest BCUT2D eigenvalue weighted by atomic mass is 32.2. The number of hydrogen-bond acceptors (Lipinski definition) is 5. The molecule has 122 valence electrons. The summed E-state index contributed by atoms with van der Waals surface area (Å²) in [4.78, 5) is 39.3. The van der Waals surface area contributed by atoms with Crippen LogP contribution in [0.1, 0.15) is 5.56 Å². The van der Waals surface area contributed by atoms with Crippen LogP contribution in [0.25, 0.3) is 6.08 Å². The van der Waals surface area contributed by atoms with Gasteiger partial charge in [0.1, 0.15) is 6.54 Å². The molecule has 0 atom stereocenters. The maximum absolute atomic E-state index is 12.3. The molecule has 1 N–H and O–H groups in total. The summed E-state index contributed by atoms with van der Waals surface area (Å²) in [5, 5.41) is 2.27. The molecule has 1 saturated heterocycles. The number of nitrogens with zero attached hydrogens (tertiary/aromatic N) is 2. The van der Waals surface area contributed by atoms with Gasteiger partial charge in [-0.25, -0.2) is 0 Å². The van der Waals surface area contributed by atoms with Gasteiger partial charge < -0.3 is 10.2 Å². The number of thioether (sulfide) groups is 1. The van der Waals surface area contributed by atoms with Gasteiger partial charge in [-0.3, -0.25) is 19.3 Å². The lowest BCUT2D eigenvalue weighted by Gasteiger charge is -2.14. The number of imide groups is 1. The number of likely N-dealkylation sites (N-methyl/N-ethyl adjacent to an activating group) is 1. The second-order valence-corrected chi connectivity index (χ2v) is 6.32. The van der Waals surface area contributed by atoms with E-state index in [1.165, 1.54) is 0 Å². The van der Waals surface area contributed by atoms with E-state index in [9.17, 15) is 14.4 Å². The van der Waals surface area contributed by atoms with Gasteiger partial charge in [0, 0.05) is 13.1 Å². The first-order chi connectivity index (χ1) is 11.0. The number of rotatable bonds is 6. The predicted octanol–water partition coefficient (Wildman–Crippen LogP) is 1.40. The van der Waals surface area contributed by atoms with Crippen LogP contribution in [0.15, 0.2) is 35.2 Å². The minimum absolute atomic E-state index is 0.246. The minimum Gasteiger partial charge on any atom is -0.353 e. The molecular weight excluding hydrogens is 314 g/mol. The average molecular weight is 333 g/mol. The lowest BCUT2D eigenvalue weighted by Crippen LogP contribution is -2.41. The zero-order chi connectivity index (χ0) is 16.8. The normalized spacial score (nSPS) is 16.5. The van der Waals surface area contributed by atoms with E-state index in [0.29, 0.717) is 18.0 Å². The van der Waals surface area contributed by atoms with Crippen molar-refractivity contribution in [1.29, 1.82) is 0 Å². The molecule has 0 saturated carbocycles. The molecule has 1 fully saturated rings. The third kappa shape index (κ3) is 4.94. The third-order valence-electron chi connectivity index (χ3n) is 3.15.